The van der Waals surface area contributed by atoms with Crippen LogP contribution in [0.2, 0.25) is 0 Å². The molecule has 2 aromatic carbocycles. The Bertz CT molecular complexity index is 577. The van der Waals surface area contributed by atoms with Crippen molar-refractivity contribution >= 4 is 0 Å². The van der Waals surface area contributed by atoms with Gasteiger partial charge >= 0.3 is 0 Å². The zero-order valence-corrected chi connectivity index (χ0v) is 12.4. The maximum atomic E-state index is 14.0. The van der Waals surface area contributed by atoms with Gasteiger partial charge in [0, 0.05) is 11.6 Å². The van der Waals surface area contributed by atoms with Crippen LogP contribution in [-0.4, -0.2) is 7.05 Å². The summed E-state index contributed by atoms with van der Waals surface area (Å²) < 4.78 is 14.0. The number of nitrogens with one attached hydrogen (secondary N) is 1. The normalized spacial score (nSPS) is 12.4. The van der Waals surface area contributed by atoms with Crippen molar-refractivity contribution in [3.05, 3.63) is 70.5 Å². The highest BCUT2D eigenvalue weighted by Gasteiger charge is 2.14. The van der Waals surface area contributed by atoms with Crippen LogP contribution in [0.4, 0.5) is 4.39 Å². The van der Waals surface area contributed by atoms with E-state index in [9.17, 15) is 4.39 Å². The van der Waals surface area contributed by atoms with E-state index in [4.69, 9.17) is 0 Å². The number of aryl methyl sites for hydroxylation is 3. The van der Waals surface area contributed by atoms with Crippen LogP contribution in [0.25, 0.3) is 0 Å². The minimum absolute atomic E-state index is 0.0505. The molecule has 2 aromatic rings. The second kappa shape index (κ2) is 6.67. The summed E-state index contributed by atoms with van der Waals surface area (Å²) in [7, 11) is 1.89. The van der Waals surface area contributed by atoms with Gasteiger partial charge in [0.05, 0.1) is 0 Å². The van der Waals surface area contributed by atoms with Gasteiger partial charge in [-0.15, -0.1) is 0 Å². The van der Waals surface area contributed by atoms with E-state index in [-0.39, 0.29) is 11.9 Å². The van der Waals surface area contributed by atoms with Crippen LogP contribution in [0.15, 0.2) is 42.5 Å². The third kappa shape index (κ3) is 3.45. The molecule has 0 heterocycles. The summed E-state index contributed by atoms with van der Waals surface area (Å²) in [5.74, 6) is -0.125. The Balaban J connectivity index is 2.13. The lowest BCUT2D eigenvalue weighted by Crippen LogP contribution is -2.18. The van der Waals surface area contributed by atoms with Crippen molar-refractivity contribution in [3.63, 3.8) is 0 Å². The van der Waals surface area contributed by atoms with Gasteiger partial charge in [-0.05, 0) is 50.9 Å². The van der Waals surface area contributed by atoms with Crippen molar-refractivity contribution in [3.8, 4) is 0 Å². The summed E-state index contributed by atoms with van der Waals surface area (Å²) in [5.41, 5.74) is 4.49. The fourth-order valence-corrected chi connectivity index (χ4v) is 2.58. The van der Waals surface area contributed by atoms with Gasteiger partial charge in [-0.2, -0.15) is 0 Å². The molecule has 1 atom stereocenters. The van der Waals surface area contributed by atoms with Crippen LogP contribution in [0.5, 0.6) is 0 Å². The number of rotatable bonds is 5. The van der Waals surface area contributed by atoms with Gasteiger partial charge in [-0.1, -0.05) is 42.0 Å². The fraction of sp³-hybridized carbons (Fsp3) is 0.333. The smallest absolute Gasteiger partial charge is 0.127 e. The summed E-state index contributed by atoms with van der Waals surface area (Å²) in [5, 5.41) is 3.24. The molecule has 0 aliphatic carbocycles. The van der Waals surface area contributed by atoms with Gasteiger partial charge in [-0.25, -0.2) is 4.39 Å². The summed E-state index contributed by atoms with van der Waals surface area (Å²) in [6, 6.07) is 13.7. The minimum Gasteiger partial charge on any atom is -0.313 e. The standard InChI is InChI=1S/C18H22FN/c1-13-8-10-17(19)16(12-13)18(20-3)11-9-15-7-5-4-6-14(15)2/h4-8,10,12,18,20H,9,11H2,1-3H3. The van der Waals surface area contributed by atoms with Crippen LogP contribution in [0.3, 0.4) is 0 Å². The third-order valence-electron chi connectivity index (χ3n) is 3.84. The zero-order chi connectivity index (χ0) is 14.5. The predicted octanol–water partition coefficient (Wildman–Crippen LogP) is 4.34. The minimum atomic E-state index is -0.125. The van der Waals surface area contributed by atoms with Crippen LogP contribution in [-0.2, 0) is 6.42 Å². The van der Waals surface area contributed by atoms with Gasteiger partial charge in [0.1, 0.15) is 5.82 Å². The Morgan fingerprint density at radius 3 is 2.55 bits per heavy atom. The summed E-state index contributed by atoms with van der Waals surface area (Å²) >= 11 is 0. The molecule has 20 heavy (non-hydrogen) atoms. The number of hydrogen-bond donors (Lipinski definition) is 1. The van der Waals surface area contributed by atoms with E-state index in [2.05, 4.69) is 36.5 Å². The molecule has 0 saturated carbocycles. The second-order valence-corrected chi connectivity index (χ2v) is 5.33. The summed E-state index contributed by atoms with van der Waals surface area (Å²) in [6.07, 6.45) is 1.84. The molecule has 0 amide bonds. The lowest BCUT2D eigenvalue weighted by molar-refractivity contribution is 0.508. The molecule has 106 valence electrons. The van der Waals surface area contributed by atoms with Gasteiger partial charge in [-0.3, -0.25) is 0 Å². The maximum Gasteiger partial charge on any atom is 0.127 e. The molecule has 0 saturated heterocycles. The van der Waals surface area contributed by atoms with E-state index in [0.29, 0.717) is 0 Å². The van der Waals surface area contributed by atoms with Gasteiger partial charge < -0.3 is 5.32 Å². The Kier molecular flexibility index (Phi) is 4.91. The van der Waals surface area contributed by atoms with Crippen LogP contribution >= 0.6 is 0 Å². The molecule has 0 bridgehead atoms. The first kappa shape index (κ1) is 14.7. The van der Waals surface area contributed by atoms with Crippen molar-refractivity contribution in [2.24, 2.45) is 0 Å². The summed E-state index contributed by atoms with van der Waals surface area (Å²) in [6.45, 7) is 4.12. The first-order valence-corrected chi connectivity index (χ1v) is 7.09. The molecule has 0 aliphatic rings. The van der Waals surface area contributed by atoms with Crippen molar-refractivity contribution in [1.29, 1.82) is 0 Å². The molecule has 0 fully saturated rings. The monoisotopic (exact) mass is 271 g/mol. The van der Waals surface area contributed by atoms with E-state index in [1.54, 1.807) is 6.07 Å². The molecule has 1 unspecified atom stereocenters. The third-order valence-corrected chi connectivity index (χ3v) is 3.84. The molecule has 1 N–H and O–H groups in total. The van der Waals surface area contributed by atoms with Crippen LogP contribution in [0.1, 0.15) is 34.7 Å². The van der Waals surface area contributed by atoms with Crippen molar-refractivity contribution < 1.29 is 4.39 Å². The number of halogens is 1. The highest BCUT2D eigenvalue weighted by molar-refractivity contribution is 5.29. The van der Waals surface area contributed by atoms with E-state index in [0.717, 1.165) is 24.0 Å². The highest BCUT2D eigenvalue weighted by atomic mass is 19.1. The van der Waals surface area contributed by atoms with E-state index >= 15 is 0 Å². The molecule has 1 nitrogen and oxygen atoms in total. The maximum absolute atomic E-state index is 14.0. The Hall–Kier alpha value is -1.67. The van der Waals surface area contributed by atoms with Gasteiger partial charge in [0.2, 0.25) is 0 Å². The number of benzene rings is 2. The average Bonchev–Trinajstić information content (AvgIpc) is 2.45. The Labute approximate surface area is 120 Å². The SMILES string of the molecule is CNC(CCc1ccccc1C)c1cc(C)ccc1F. The zero-order valence-electron chi connectivity index (χ0n) is 12.4. The molecule has 0 aromatic heterocycles. The van der Waals surface area contributed by atoms with Crippen molar-refractivity contribution in [1.82, 2.24) is 5.32 Å². The molecular formula is C18H22FN. The van der Waals surface area contributed by atoms with Crippen LogP contribution < -0.4 is 5.32 Å². The first-order chi connectivity index (χ1) is 9.61. The predicted molar refractivity (Wildman–Crippen MR) is 82.4 cm³/mol. The molecule has 2 heteroatoms. The fourth-order valence-electron chi connectivity index (χ4n) is 2.58. The molecule has 0 radical (unpaired) electrons. The van der Waals surface area contributed by atoms with Crippen LogP contribution in [0, 0.1) is 19.7 Å². The molecule has 0 spiro atoms. The molecule has 2 rings (SSSR count). The number of hydrogen-bond acceptors (Lipinski definition) is 1. The Morgan fingerprint density at radius 2 is 1.85 bits per heavy atom. The van der Waals surface area contributed by atoms with E-state index in [1.807, 2.05) is 26.1 Å². The molecule has 0 aliphatic heterocycles. The van der Waals surface area contributed by atoms with E-state index < -0.39 is 0 Å². The summed E-state index contributed by atoms with van der Waals surface area (Å²) in [4.78, 5) is 0. The quantitative estimate of drug-likeness (QED) is 0.853. The Morgan fingerprint density at radius 1 is 1.10 bits per heavy atom. The molecular weight excluding hydrogens is 249 g/mol. The lowest BCUT2D eigenvalue weighted by atomic mass is 9.96. The first-order valence-electron chi connectivity index (χ1n) is 7.09. The van der Waals surface area contributed by atoms with E-state index in [1.165, 1.54) is 11.1 Å². The largest absolute Gasteiger partial charge is 0.313 e. The topological polar surface area (TPSA) is 12.0 Å². The van der Waals surface area contributed by atoms with Gasteiger partial charge in [0.15, 0.2) is 0 Å². The van der Waals surface area contributed by atoms with Crippen molar-refractivity contribution in [2.45, 2.75) is 32.7 Å². The van der Waals surface area contributed by atoms with Crippen molar-refractivity contribution in [2.75, 3.05) is 7.05 Å². The average molecular weight is 271 g/mol. The highest BCUT2D eigenvalue weighted by Crippen LogP contribution is 2.23. The second-order valence-electron chi connectivity index (χ2n) is 5.33. The lowest BCUT2D eigenvalue weighted by Gasteiger charge is -2.18. The van der Waals surface area contributed by atoms with Gasteiger partial charge in [0.25, 0.3) is 0 Å².